The first kappa shape index (κ1) is 11.8. The Bertz CT molecular complexity index is 311. The third-order valence-electron chi connectivity index (χ3n) is 2.33. The summed E-state index contributed by atoms with van der Waals surface area (Å²) >= 11 is 5.90. The first-order chi connectivity index (χ1) is 6.21. The Kier molecular flexibility index (Phi) is 3.78. The lowest BCUT2D eigenvalue weighted by molar-refractivity contribution is 0.00248. The van der Waals surface area contributed by atoms with Crippen LogP contribution in [-0.4, -0.2) is 13.2 Å². The number of ether oxygens (including phenoxy) is 1. The monoisotopic (exact) mass is 233 g/mol. The average molecular weight is 234 g/mol. The van der Waals surface area contributed by atoms with Gasteiger partial charge in [-0.1, -0.05) is 23.7 Å². The summed E-state index contributed by atoms with van der Waals surface area (Å²) in [7, 11) is 0. The Labute approximate surface area is 95.0 Å². The molecule has 0 spiro atoms. The van der Waals surface area contributed by atoms with Crippen LogP contribution in [-0.2, 0) is 10.5 Å². The van der Waals surface area contributed by atoms with Gasteiger partial charge in [-0.3, -0.25) is 5.32 Å². The molecule has 1 N–H and O–H groups in total. The van der Waals surface area contributed by atoms with Crippen LogP contribution in [0.15, 0.2) is 24.3 Å². The molecule has 0 saturated carbocycles. The van der Waals surface area contributed by atoms with E-state index >= 15 is 0 Å². The van der Waals surface area contributed by atoms with Crippen LogP contribution in [0.4, 0.5) is 0 Å². The fourth-order valence-corrected chi connectivity index (χ4v) is 1.76. The van der Waals surface area contributed by atoms with Gasteiger partial charge < -0.3 is 4.74 Å². The molecule has 1 aromatic rings. The van der Waals surface area contributed by atoms with E-state index in [4.69, 9.17) is 16.3 Å². The highest BCUT2D eigenvalue weighted by Crippen LogP contribution is 2.26. The number of hydrogen-bond acceptors (Lipinski definition) is 2. The third-order valence-corrected chi connectivity index (χ3v) is 2.57. The first-order valence-corrected chi connectivity index (χ1v) is 4.73. The maximum Gasteiger partial charge on any atom is 0.142 e. The Balaban J connectivity index is 0.000000980. The van der Waals surface area contributed by atoms with E-state index < -0.39 is 0 Å². The molecule has 1 unspecified atom stereocenters. The maximum atomic E-state index is 5.90. The second-order valence-electron chi connectivity index (χ2n) is 3.32. The molecule has 1 fully saturated rings. The highest BCUT2D eigenvalue weighted by atomic mass is 35.5. The molecular weight excluding hydrogens is 221 g/mol. The molecule has 2 nitrogen and oxygen atoms in total. The number of hydrogen-bond donors (Lipinski definition) is 1. The van der Waals surface area contributed by atoms with Gasteiger partial charge in [0, 0.05) is 11.6 Å². The molecule has 1 aliphatic rings. The van der Waals surface area contributed by atoms with Gasteiger partial charge in [-0.2, -0.15) is 0 Å². The molecule has 14 heavy (non-hydrogen) atoms. The second kappa shape index (κ2) is 4.49. The van der Waals surface area contributed by atoms with E-state index in [1.807, 2.05) is 31.2 Å². The van der Waals surface area contributed by atoms with Gasteiger partial charge in [-0.25, -0.2) is 0 Å². The molecule has 1 atom stereocenters. The highest BCUT2D eigenvalue weighted by molar-refractivity contribution is 6.30. The Morgan fingerprint density at radius 1 is 1.50 bits per heavy atom. The summed E-state index contributed by atoms with van der Waals surface area (Å²) in [6, 6.07) is 7.75. The van der Waals surface area contributed by atoms with Crippen molar-refractivity contribution in [3.63, 3.8) is 0 Å². The van der Waals surface area contributed by atoms with Crippen molar-refractivity contribution in [2.75, 3.05) is 13.2 Å². The van der Waals surface area contributed by atoms with Gasteiger partial charge in [-0.15, -0.1) is 12.4 Å². The van der Waals surface area contributed by atoms with E-state index in [0.717, 1.165) is 23.7 Å². The van der Waals surface area contributed by atoms with Crippen LogP contribution in [0.25, 0.3) is 0 Å². The van der Waals surface area contributed by atoms with Crippen LogP contribution in [0.2, 0.25) is 5.02 Å². The van der Waals surface area contributed by atoms with E-state index in [-0.39, 0.29) is 18.1 Å². The lowest BCUT2D eigenvalue weighted by Crippen LogP contribution is -2.34. The topological polar surface area (TPSA) is 21.3 Å². The molecule has 0 radical (unpaired) electrons. The van der Waals surface area contributed by atoms with Gasteiger partial charge in [0.1, 0.15) is 5.72 Å². The molecule has 2 rings (SSSR count). The summed E-state index contributed by atoms with van der Waals surface area (Å²) < 4.78 is 5.61. The van der Waals surface area contributed by atoms with E-state index in [9.17, 15) is 0 Å². The zero-order valence-electron chi connectivity index (χ0n) is 7.92. The fourth-order valence-electron chi connectivity index (χ4n) is 1.57. The van der Waals surface area contributed by atoms with Crippen molar-refractivity contribution in [1.82, 2.24) is 5.32 Å². The van der Waals surface area contributed by atoms with Crippen LogP contribution in [0.1, 0.15) is 12.5 Å². The van der Waals surface area contributed by atoms with Crippen LogP contribution in [0.3, 0.4) is 0 Å². The number of benzene rings is 1. The van der Waals surface area contributed by atoms with Gasteiger partial charge >= 0.3 is 0 Å². The van der Waals surface area contributed by atoms with Crippen LogP contribution in [0, 0.1) is 0 Å². The molecule has 0 aromatic heterocycles. The van der Waals surface area contributed by atoms with Crippen molar-refractivity contribution >= 4 is 24.0 Å². The molecule has 0 aliphatic carbocycles. The van der Waals surface area contributed by atoms with Crippen molar-refractivity contribution in [3.05, 3.63) is 34.9 Å². The molecule has 4 heteroatoms. The summed E-state index contributed by atoms with van der Waals surface area (Å²) in [4.78, 5) is 0. The summed E-state index contributed by atoms with van der Waals surface area (Å²) in [5.41, 5.74) is 0.725. The minimum absolute atomic E-state index is 0. The molecule has 1 aliphatic heterocycles. The highest BCUT2D eigenvalue weighted by Gasteiger charge is 2.30. The first-order valence-electron chi connectivity index (χ1n) is 4.36. The van der Waals surface area contributed by atoms with E-state index in [1.165, 1.54) is 0 Å². The lowest BCUT2D eigenvalue weighted by atomic mass is 10.1. The van der Waals surface area contributed by atoms with E-state index in [1.54, 1.807) is 0 Å². The smallest absolute Gasteiger partial charge is 0.142 e. The van der Waals surface area contributed by atoms with Gasteiger partial charge in [0.25, 0.3) is 0 Å². The van der Waals surface area contributed by atoms with Crippen molar-refractivity contribution < 1.29 is 4.74 Å². The molecule has 0 bridgehead atoms. The van der Waals surface area contributed by atoms with Gasteiger partial charge in [-0.05, 0) is 24.6 Å². The zero-order valence-corrected chi connectivity index (χ0v) is 9.49. The summed E-state index contributed by atoms with van der Waals surface area (Å²) in [5.74, 6) is 0. The normalized spacial score (nSPS) is 25.9. The Hall–Kier alpha value is -0.280. The standard InChI is InChI=1S/C10H12ClNO.ClH/c1-10(12-5-6-13-10)8-3-2-4-9(11)7-8;/h2-4,7,12H,5-6H2,1H3;1H. The Morgan fingerprint density at radius 2 is 2.29 bits per heavy atom. The van der Waals surface area contributed by atoms with Crippen molar-refractivity contribution in [3.8, 4) is 0 Å². The third kappa shape index (κ3) is 2.20. The summed E-state index contributed by atoms with van der Waals surface area (Å²) in [6.45, 7) is 3.66. The quantitative estimate of drug-likeness (QED) is 0.806. The molecular formula is C10H13Cl2NO. The van der Waals surface area contributed by atoms with Crippen molar-refractivity contribution in [1.29, 1.82) is 0 Å². The predicted octanol–water partition coefficient (Wildman–Crippen LogP) is 2.55. The molecule has 1 saturated heterocycles. The van der Waals surface area contributed by atoms with Crippen molar-refractivity contribution in [2.45, 2.75) is 12.6 Å². The molecule has 1 aromatic carbocycles. The molecule has 78 valence electrons. The predicted molar refractivity (Wildman–Crippen MR) is 60.0 cm³/mol. The van der Waals surface area contributed by atoms with Gasteiger partial charge in [0.05, 0.1) is 6.61 Å². The van der Waals surface area contributed by atoms with Gasteiger partial charge in [0.2, 0.25) is 0 Å². The lowest BCUT2D eigenvalue weighted by Gasteiger charge is -2.24. The minimum atomic E-state index is -0.356. The molecule has 0 amide bonds. The van der Waals surface area contributed by atoms with E-state index in [2.05, 4.69) is 5.32 Å². The minimum Gasteiger partial charge on any atom is -0.355 e. The summed E-state index contributed by atoms with van der Waals surface area (Å²) in [5, 5.41) is 4.04. The zero-order chi connectivity index (χ0) is 9.31. The number of halogens is 2. The largest absolute Gasteiger partial charge is 0.355 e. The summed E-state index contributed by atoms with van der Waals surface area (Å²) in [6.07, 6.45) is 0. The second-order valence-corrected chi connectivity index (χ2v) is 3.76. The Morgan fingerprint density at radius 3 is 2.86 bits per heavy atom. The van der Waals surface area contributed by atoms with Crippen LogP contribution >= 0.6 is 24.0 Å². The molecule has 1 heterocycles. The SMILES string of the molecule is CC1(c2cccc(Cl)c2)NCCO1.Cl. The van der Waals surface area contributed by atoms with Crippen molar-refractivity contribution in [2.24, 2.45) is 0 Å². The van der Waals surface area contributed by atoms with Gasteiger partial charge in [0.15, 0.2) is 0 Å². The van der Waals surface area contributed by atoms with E-state index in [0.29, 0.717) is 0 Å². The van der Waals surface area contributed by atoms with Crippen LogP contribution in [0.5, 0.6) is 0 Å². The number of nitrogens with one attached hydrogen (secondary N) is 1. The number of rotatable bonds is 1. The fraction of sp³-hybridized carbons (Fsp3) is 0.400. The average Bonchev–Trinajstić information content (AvgIpc) is 2.54. The maximum absolute atomic E-state index is 5.90. The van der Waals surface area contributed by atoms with Crippen LogP contribution < -0.4 is 5.32 Å².